The molecule has 0 aromatic heterocycles. The van der Waals surface area contributed by atoms with Gasteiger partial charge in [-0.2, -0.15) is 0 Å². The molecule has 14 heteroatoms. The Labute approximate surface area is 313 Å². The van der Waals surface area contributed by atoms with Gasteiger partial charge in [-0.3, -0.25) is 0 Å². The van der Waals surface area contributed by atoms with E-state index in [0.717, 1.165) is 17.7 Å². The van der Waals surface area contributed by atoms with E-state index in [2.05, 4.69) is 44.5 Å². The van der Waals surface area contributed by atoms with Gasteiger partial charge in [-0.1, -0.05) is 45.0 Å². The Morgan fingerprint density at radius 2 is 1.23 bits per heavy atom. The van der Waals surface area contributed by atoms with Gasteiger partial charge in [0.15, 0.2) is 19.8 Å². The average Bonchev–Trinajstić information content (AvgIpc) is 3.12. The van der Waals surface area contributed by atoms with Crippen molar-refractivity contribution in [1.29, 1.82) is 0 Å². The third kappa shape index (κ3) is 17.3. The average molecular weight is 763 g/mol. The van der Waals surface area contributed by atoms with E-state index in [1.54, 1.807) is 42.5 Å². The molecule has 0 aliphatic rings. The SMILES string of the molecule is CNCCOCCOCCOCCNC(=O)OC[C@@H](COc1ccc(OCc2ccc(F)cc2)c(OCc2ccc(F)cc2)c1)O[Si](C)(C)C(C)(C)C. The third-order valence-corrected chi connectivity index (χ3v) is 12.9. The molecule has 1 atom stereocenters. The van der Waals surface area contributed by atoms with Crippen LogP contribution in [0, 0.1) is 11.6 Å². The summed E-state index contributed by atoms with van der Waals surface area (Å²) < 4.78 is 73.7. The quantitative estimate of drug-likeness (QED) is 0.0699. The highest BCUT2D eigenvalue weighted by Gasteiger charge is 2.39. The van der Waals surface area contributed by atoms with Crippen LogP contribution in [0.5, 0.6) is 17.2 Å². The first-order valence-corrected chi connectivity index (χ1v) is 20.7. The van der Waals surface area contributed by atoms with Crippen LogP contribution in [-0.2, 0) is 36.6 Å². The Morgan fingerprint density at radius 3 is 1.77 bits per heavy atom. The van der Waals surface area contributed by atoms with E-state index in [4.69, 9.17) is 37.6 Å². The Kier molecular flexibility index (Phi) is 19.0. The van der Waals surface area contributed by atoms with Crippen molar-refractivity contribution in [3.63, 3.8) is 0 Å². The molecule has 3 aromatic carbocycles. The van der Waals surface area contributed by atoms with Gasteiger partial charge in [0.25, 0.3) is 0 Å². The highest BCUT2D eigenvalue weighted by Crippen LogP contribution is 2.38. The first kappa shape index (κ1) is 43.6. The largest absolute Gasteiger partial charge is 0.491 e. The first-order valence-electron chi connectivity index (χ1n) is 17.8. The number of amides is 1. The summed E-state index contributed by atoms with van der Waals surface area (Å²) in [5, 5.41) is 5.61. The maximum absolute atomic E-state index is 13.5. The fourth-order valence-electron chi connectivity index (χ4n) is 4.35. The molecule has 0 fully saturated rings. The van der Waals surface area contributed by atoms with E-state index in [1.165, 1.54) is 24.3 Å². The number of hydrogen-bond acceptors (Lipinski definition) is 10. The summed E-state index contributed by atoms with van der Waals surface area (Å²) in [6.45, 7) is 14.9. The molecule has 3 rings (SSSR count). The molecule has 0 aliphatic carbocycles. The van der Waals surface area contributed by atoms with Gasteiger partial charge < -0.3 is 48.2 Å². The number of rotatable bonds is 25. The topological polar surface area (TPSA) is 115 Å². The Bertz CT molecular complexity index is 1480. The molecule has 0 saturated carbocycles. The molecule has 0 spiro atoms. The highest BCUT2D eigenvalue weighted by atomic mass is 28.4. The van der Waals surface area contributed by atoms with E-state index in [1.807, 2.05) is 7.05 Å². The summed E-state index contributed by atoms with van der Waals surface area (Å²) in [5.41, 5.74) is 1.54. The van der Waals surface area contributed by atoms with Crippen molar-refractivity contribution >= 4 is 14.4 Å². The summed E-state index contributed by atoms with van der Waals surface area (Å²) in [4.78, 5) is 12.5. The van der Waals surface area contributed by atoms with E-state index < -0.39 is 20.5 Å². The van der Waals surface area contributed by atoms with Crippen molar-refractivity contribution < 1.29 is 51.2 Å². The molecule has 0 aliphatic heterocycles. The van der Waals surface area contributed by atoms with Gasteiger partial charge in [0, 0.05) is 19.2 Å². The summed E-state index contributed by atoms with van der Waals surface area (Å²) in [6, 6.07) is 17.2. The lowest BCUT2D eigenvalue weighted by Crippen LogP contribution is -2.47. The molecular formula is C39H56F2N2O9Si. The smallest absolute Gasteiger partial charge is 0.407 e. The van der Waals surface area contributed by atoms with E-state index >= 15 is 0 Å². The highest BCUT2D eigenvalue weighted by molar-refractivity contribution is 6.74. The zero-order chi connectivity index (χ0) is 38.5. The van der Waals surface area contributed by atoms with Gasteiger partial charge in [0.1, 0.15) is 49.9 Å². The van der Waals surface area contributed by atoms with Crippen LogP contribution in [0.3, 0.4) is 0 Å². The number of halogens is 2. The minimum Gasteiger partial charge on any atom is -0.491 e. The Hall–Kier alpha value is -3.79. The zero-order valence-electron chi connectivity index (χ0n) is 31.8. The number of likely N-dealkylation sites (N-methyl/N-ethyl adjacent to an activating group) is 1. The lowest BCUT2D eigenvalue weighted by molar-refractivity contribution is 0.0152. The number of carbonyl (C=O) groups excluding carboxylic acids is 1. The third-order valence-electron chi connectivity index (χ3n) is 8.39. The molecule has 0 unspecified atom stereocenters. The number of nitrogens with one attached hydrogen (secondary N) is 2. The van der Waals surface area contributed by atoms with Crippen molar-refractivity contribution in [2.45, 2.75) is 58.2 Å². The minimum absolute atomic E-state index is 0.0315. The van der Waals surface area contributed by atoms with E-state index in [9.17, 15) is 13.6 Å². The van der Waals surface area contributed by atoms with Crippen LogP contribution in [0.2, 0.25) is 18.1 Å². The Balaban J connectivity index is 1.56. The molecule has 0 radical (unpaired) electrons. The standard InChI is InChI=1S/C39H56F2N2O9Si/c1-39(2,3)53(5,6)52-35(29-51-38(44)43-18-20-46-22-24-47-23-21-45-19-17-42-4)28-48-34-15-16-36(49-26-30-7-11-32(40)12-8-30)37(25-34)50-27-31-9-13-33(41)14-10-31/h7-16,25,35,42H,17-24,26-29H2,1-6H3,(H,43,44)/t35-/m1/s1. The second-order valence-electron chi connectivity index (χ2n) is 13.7. The molecule has 294 valence electrons. The molecule has 0 heterocycles. The predicted molar refractivity (Wildman–Crippen MR) is 201 cm³/mol. The Morgan fingerprint density at radius 1 is 0.698 bits per heavy atom. The van der Waals surface area contributed by atoms with E-state index in [0.29, 0.717) is 56.9 Å². The van der Waals surface area contributed by atoms with Crippen LogP contribution in [0.1, 0.15) is 31.9 Å². The van der Waals surface area contributed by atoms with Crippen LogP contribution >= 0.6 is 0 Å². The van der Waals surface area contributed by atoms with Crippen molar-refractivity contribution in [2.24, 2.45) is 0 Å². The normalized spacial score (nSPS) is 12.3. The number of alkyl carbamates (subject to hydrolysis) is 1. The maximum Gasteiger partial charge on any atom is 0.407 e. The summed E-state index contributed by atoms with van der Waals surface area (Å²) in [7, 11) is -0.416. The second kappa shape index (κ2) is 23.1. The fraction of sp³-hybridized carbons (Fsp3) is 0.513. The molecule has 0 bridgehead atoms. The molecule has 3 aromatic rings. The summed E-state index contributed by atoms with van der Waals surface area (Å²) in [5.74, 6) is 0.645. The predicted octanol–water partition coefficient (Wildman–Crippen LogP) is 6.89. The van der Waals surface area contributed by atoms with Crippen molar-refractivity contribution in [3.05, 3.63) is 89.5 Å². The lowest BCUT2D eigenvalue weighted by atomic mass is 10.2. The van der Waals surface area contributed by atoms with E-state index in [-0.39, 0.29) is 49.6 Å². The monoisotopic (exact) mass is 762 g/mol. The van der Waals surface area contributed by atoms with Crippen LogP contribution in [0.4, 0.5) is 13.6 Å². The van der Waals surface area contributed by atoms with Crippen LogP contribution in [0.15, 0.2) is 66.7 Å². The molecule has 0 saturated heterocycles. The molecule has 1 amide bonds. The number of ether oxygens (including phenoxy) is 7. The van der Waals surface area contributed by atoms with Crippen LogP contribution in [0.25, 0.3) is 0 Å². The second-order valence-corrected chi connectivity index (χ2v) is 18.5. The summed E-state index contributed by atoms with van der Waals surface area (Å²) >= 11 is 0. The van der Waals surface area contributed by atoms with Crippen LogP contribution < -0.4 is 24.8 Å². The van der Waals surface area contributed by atoms with Crippen LogP contribution in [-0.4, -0.2) is 93.5 Å². The fourth-order valence-corrected chi connectivity index (χ4v) is 5.68. The molecule has 2 N–H and O–H groups in total. The number of benzene rings is 3. The van der Waals surface area contributed by atoms with Crippen molar-refractivity contribution in [1.82, 2.24) is 10.6 Å². The van der Waals surface area contributed by atoms with Crippen molar-refractivity contribution in [2.75, 3.05) is 73.0 Å². The molecule has 11 nitrogen and oxygen atoms in total. The van der Waals surface area contributed by atoms with Crippen molar-refractivity contribution in [3.8, 4) is 17.2 Å². The first-order chi connectivity index (χ1) is 25.4. The summed E-state index contributed by atoms with van der Waals surface area (Å²) in [6.07, 6.45) is -1.15. The van der Waals surface area contributed by atoms with Gasteiger partial charge in [-0.05, 0) is 72.7 Å². The number of hydrogen-bond donors (Lipinski definition) is 2. The minimum atomic E-state index is -2.29. The van der Waals surface area contributed by atoms with Gasteiger partial charge in [0.2, 0.25) is 0 Å². The van der Waals surface area contributed by atoms with Gasteiger partial charge >= 0.3 is 6.09 Å². The number of carbonyl (C=O) groups is 1. The lowest BCUT2D eigenvalue weighted by Gasteiger charge is -2.39. The maximum atomic E-state index is 13.5. The van der Waals surface area contributed by atoms with Gasteiger partial charge in [-0.15, -0.1) is 0 Å². The molecular weight excluding hydrogens is 707 g/mol. The van der Waals surface area contributed by atoms with Gasteiger partial charge in [0.05, 0.1) is 39.6 Å². The molecule has 53 heavy (non-hydrogen) atoms. The zero-order valence-corrected chi connectivity index (χ0v) is 32.8. The van der Waals surface area contributed by atoms with Gasteiger partial charge in [-0.25, -0.2) is 13.6 Å².